The van der Waals surface area contributed by atoms with Gasteiger partial charge in [-0.25, -0.2) is 9.67 Å². The van der Waals surface area contributed by atoms with E-state index in [0.29, 0.717) is 37.3 Å². The van der Waals surface area contributed by atoms with Crippen LogP contribution in [0, 0.1) is 5.92 Å². The predicted molar refractivity (Wildman–Crippen MR) is 167 cm³/mol. The van der Waals surface area contributed by atoms with Gasteiger partial charge in [0.2, 0.25) is 5.88 Å². The second-order valence-electron chi connectivity index (χ2n) is 10.5. The fraction of sp³-hybridized carbons (Fsp3) is 0.355. The first kappa shape index (κ1) is 32.1. The highest BCUT2D eigenvalue weighted by Crippen LogP contribution is 2.29. The van der Waals surface area contributed by atoms with Crippen molar-refractivity contribution >= 4 is 44.4 Å². The fourth-order valence-corrected chi connectivity index (χ4v) is 6.11. The lowest BCUT2D eigenvalue weighted by molar-refractivity contribution is -0.129. The van der Waals surface area contributed by atoms with Crippen LogP contribution >= 0.6 is 10.8 Å². The Kier molecular flexibility index (Phi) is 10.5. The smallest absolute Gasteiger partial charge is 0.390 e. The minimum Gasteiger partial charge on any atom is -0.414 e. The first-order chi connectivity index (χ1) is 21.7. The molecule has 0 spiro atoms. The summed E-state index contributed by atoms with van der Waals surface area (Å²) in [6.45, 7) is 3.69. The summed E-state index contributed by atoms with van der Waals surface area (Å²) < 4.78 is 51.3. The topological polar surface area (TPSA) is 120 Å². The predicted octanol–water partition coefficient (Wildman–Crippen LogP) is 5.62. The Hall–Kier alpha value is -4.30. The van der Waals surface area contributed by atoms with Crippen LogP contribution in [0.25, 0.3) is 10.8 Å². The van der Waals surface area contributed by atoms with Crippen molar-refractivity contribution in [3.63, 3.8) is 0 Å². The molecule has 238 valence electrons. The van der Waals surface area contributed by atoms with E-state index in [9.17, 15) is 22.8 Å². The molecule has 0 radical (unpaired) electrons. The molecule has 2 aromatic carbocycles. The molecule has 1 saturated heterocycles. The minimum absolute atomic E-state index is 0.0178. The fourth-order valence-electron chi connectivity index (χ4n) is 4.95. The van der Waals surface area contributed by atoms with Crippen LogP contribution in [0.1, 0.15) is 52.6 Å². The Morgan fingerprint density at radius 3 is 2.58 bits per heavy atom. The Morgan fingerprint density at radius 1 is 1.09 bits per heavy atom. The average Bonchev–Trinajstić information content (AvgIpc) is 3.56. The molecule has 1 atom stereocenters. The van der Waals surface area contributed by atoms with E-state index in [-0.39, 0.29) is 28.9 Å². The van der Waals surface area contributed by atoms with E-state index >= 15 is 0 Å². The third kappa shape index (κ3) is 8.66. The molecule has 0 aliphatic carbocycles. The maximum Gasteiger partial charge on any atom is 0.390 e. The van der Waals surface area contributed by atoms with Gasteiger partial charge in [-0.2, -0.15) is 13.2 Å². The van der Waals surface area contributed by atoms with Gasteiger partial charge < -0.3 is 19.6 Å². The zero-order valence-electron chi connectivity index (χ0n) is 24.5. The Balaban J connectivity index is 1.40. The van der Waals surface area contributed by atoms with Gasteiger partial charge in [0.15, 0.2) is 5.69 Å². The van der Waals surface area contributed by atoms with Crippen LogP contribution in [0.2, 0.25) is 0 Å². The molecule has 1 aliphatic heterocycles. The van der Waals surface area contributed by atoms with Crippen LogP contribution in [-0.2, 0) is 11.3 Å². The van der Waals surface area contributed by atoms with Crippen LogP contribution in [0.3, 0.4) is 0 Å². The first-order valence-corrected chi connectivity index (χ1v) is 15.9. The molecule has 1 unspecified atom stereocenters. The summed E-state index contributed by atoms with van der Waals surface area (Å²) >= 11 is 0. The number of carbonyl (C=O) groups is 2. The van der Waals surface area contributed by atoms with Crippen LogP contribution in [-0.4, -0.2) is 68.8 Å². The van der Waals surface area contributed by atoms with Gasteiger partial charge in [-0.3, -0.25) is 9.59 Å². The third-order valence-corrected chi connectivity index (χ3v) is 8.85. The molecule has 3 heterocycles. The molecule has 2 aromatic heterocycles. The van der Waals surface area contributed by atoms with E-state index in [0.717, 1.165) is 23.8 Å². The van der Waals surface area contributed by atoms with Gasteiger partial charge in [0.25, 0.3) is 11.8 Å². The number of anilines is 1. The lowest BCUT2D eigenvalue weighted by Crippen LogP contribution is -2.33. The summed E-state index contributed by atoms with van der Waals surface area (Å²) in [6.07, 6.45) is -0.396. The molecule has 4 aromatic rings. The summed E-state index contributed by atoms with van der Waals surface area (Å²) in [6, 6.07) is 13.9. The molecule has 5 rings (SSSR count). The van der Waals surface area contributed by atoms with Crippen LogP contribution in [0.4, 0.5) is 18.9 Å². The first-order valence-electron chi connectivity index (χ1n) is 14.5. The number of ether oxygens (including phenoxy) is 1. The zero-order valence-corrected chi connectivity index (χ0v) is 25.4. The number of fused-ring (bicyclic) bond motifs is 1. The highest BCUT2D eigenvalue weighted by atomic mass is 32.2. The van der Waals surface area contributed by atoms with Gasteiger partial charge in [0.1, 0.15) is 0 Å². The highest BCUT2D eigenvalue weighted by Gasteiger charge is 2.27. The zero-order chi connectivity index (χ0) is 31.8. The number of aromatic nitrogens is 4. The SMILES string of the molecule is C/C=S(\CCC(F)(F)F)Oc1ccc(NC(=O)c2ccc(Cn3ccnn3)c3ccccc23)c(C(=O)NCC2CCOCC2)n1. The summed E-state index contributed by atoms with van der Waals surface area (Å²) in [5, 5.41) is 16.7. The van der Waals surface area contributed by atoms with Gasteiger partial charge in [-0.1, -0.05) is 35.5 Å². The van der Waals surface area contributed by atoms with Crippen molar-refractivity contribution in [1.29, 1.82) is 0 Å². The molecule has 2 amide bonds. The largest absolute Gasteiger partial charge is 0.414 e. The molecule has 0 bridgehead atoms. The molecule has 1 aliphatic rings. The second kappa shape index (κ2) is 14.7. The average molecular weight is 643 g/mol. The number of alkyl halides is 3. The lowest BCUT2D eigenvalue weighted by atomic mass is 9.99. The molecule has 10 nitrogen and oxygen atoms in total. The molecule has 1 fully saturated rings. The van der Waals surface area contributed by atoms with E-state index in [1.807, 2.05) is 30.3 Å². The number of carbonyl (C=O) groups excluding carboxylic acids is 2. The van der Waals surface area contributed by atoms with Crippen molar-refractivity contribution < 1.29 is 31.7 Å². The molecule has 14 heteroatoms. The standard InChI is InChI=1S/C31H33F3N6O4S/c1-2-45(18-13-31(32,33)34)44-27-10-9-26(28(38-27)30(42)35-19-21-11-16-43-17-12-21)37-29(41)25-8-7-22(20-40-15-14-36-39-40)23-5-3-4-6-24(23)25/h2-10,14-15,21H,11-13,16-20H2,1H3,(H,35,42)(H,37,41). The molecule has 2 N–H and O–H groups in total. The van der Waals surface area contributed by atoms with Gasteiger partial charge >= 0.3 is 6.18 Å². The normalized spacial score (nSPS) is 14.8. The van der Waals surface area contributed by atoms with E-state index in [4.69, 9.17) is 8.92 Å². The summed E-state index contributed by atoms with van der Waals surface area (Å²) in [5.74, 6) is -1.06. The monoisotopic (exact) mass is 642 g/mol. The van der Waals surface area contributed by atoms with Crippen molar-refractivity contribution in [3.05, 3.63) is 77.7 Å². The van der Waals surface area contributed by atoms with Crippen molar-refractivity contribution in [2.45, 2.75) is 38.9 Å². The van der Waals surface area contributed by atoms with Gasteiger partial charge in [0, 0.05) is 43.3 Å². The van der Waals surface area contributed by atoms with Crippen molar-refractivity contribution in [2.75, 3.05) is 30.8 Å². The van der Waals surface area contributed by atoms with Gasteiger partial charge in [0.05, 0.1) is 24.8 Å². The second-order valence-corrected chi connectivity index (χ2v) is 12.3. The number of nitrogens with zero attached hydrogens (tertiary/aromatic N) is 4. The maximum absolute atomic E-state index is 13.7. The van der Waals surface area contributed by atoms with E-state index in [1.54, 1.807) is 30.1 Å². The molecule has 45 heavy (non-hydrogen) atoms. The number of hydrogen-bond acceptors (Lipinski definition) is 7. The Morgan fingerprint density at radius 2 is 1.87 bits per heavy atom. The number of benzene rings is 2. The van der Waals surface area contributed by atoms with Crippen LogP contribution < -0.4 is 14.8 Å². The number of amides is 2. The highest BCUT2D eigenvalue weighted by molar-refractivity contribution is 8.11. The summed E-state index contributed by atoms with van der Waals surface area (Å²) in [7, 11) is -1.19. The summed E-state index contributed by atoms with van der Waals surface area (Å²) in [5.41, 5.74) is 1.37. The van der Waals surface area contributed by atoms with Crippen LogP contribution in [0.5, 0.6) is 5.88 Å². The Labute approximate surface area is 260 Å². The molecular formula is C31H33F3N6O4S. The minimum atomic E-state index is -4.33. The molecular weight excluding hydrogens is 609 g/mol. The quantitative estimate of drug-likeness (QED) is 0.204. The number of halogens is 3. The number of pyridine rings is 1. The third-order valence-electron chi connectivity index (χ3n) is 7.33. The number of nitrogens with one attached hydrogen (secondary N) is 2. The van der Waals surface area contributed by atoms with Gasteiger partial charge in [-0.15, -0.1) is 5.10 Å². The molecule has 0 saturated carbocycles. The van der Waals surface area contributed by atoms with Crippen molar-refractivity contribution in [3.8, 4) is 5.88 Å². The summed E-state index contributed by atoms with van der Waals surface area (Å²) in [4.78, 5) is 31.4. The maximum atomic E-state index is 13.7. The van der Waals surface area contributed by atoms with E-state index < -0.39 is 35.2 Å². The van der Waals surface area contributed by atoms with Crippen LogP contribution in [0.15, 0.2) is 60.9 Å². The number of rotatable bonds is 11. The van der Waals surface area contributed by atoms with E-state index in [2.05, 4.69) is 25.9 Å². The van der Waals surface area contributed by atoms with E-state index in [1.165, 1.54) is 17.5 Å². The van der Waals surface area contributed by atoms with Crippen molar-refractivity contribution in [1.82, 2.24) is 25.3 Å². The lowest BCUT2D eigenvalue weighted by Gasteiger charge is -2.22. The number of hydrogen-bond donors (Lipinski definition) is 2. The van der Waals surface area contributed by atoms with Gasteiger partial charge in [-0.05, 0) is 70.3 Å². The Bertz CT molecular complexity index is 1670. The van der Waals surface area contributed by atoms with Crippen molar-refractivity contribution in [2.24, 2.45) is 5.92 Å².